The molecule has 2 aromatic rings. The molecule has 4 rings (SSSR count). The minimum absolute atomic E-state index is 0.0817. The first kappa shape index (κ1) is 28.2. The van der Waals surface area contributed by atoms with Crippen LogP contribution in [0.4, 0.5) is 26.9 Å². The molecule has 12 heteroatoms. The second kappa shape index (κ2) is 10.7. The fourth-order valence-electron chi connectivity index (χ4n) is 4.73. The third-order valence-electron chi connectivity index (χ3n) is 6.36. The van der Waals surface area contributed by atoms with Gasteiger partial charge in [0.05, 0.1) is 23.6 Å². The second-order valence-corrected chi connectivity index (χ2v) is 11.9. The summed E-state index contributed by atoms with van der Waals surface area (Å²) in [5, 5.41) is 10.7. The third kappa shape index (κ3) is 6.79. The number of likely N-dealkylation sites (tertiary alicyclic amines) is 1. The highest BCUT2D eigenvalue weighted by Crippen LogP contribution is 2.31. The normalized spacial score (nSPS) is 20.2. The van der Waals surface area contributed by atoms with Crippen molar-refractivity contribution in [1.82, 2.24) is 25.0 Å². The number of carbonyl (C=O) groups excluding carboxylic acids is 3. The van der Waals surface area contributed by atoms with E-state index < -0.39 is 35.5 Å². The smallest absolute Gasteiger partial charge is 0.416 e. The molecule has 2 atom stereocenters. The number of hydrogen-bond acceptors (Lipinski definition) is 8. The molecule has 2 aliphatic rings. The Balaban J connectivity index is 1.77. The average molecular weight is 542 g/mol. The van der Waals surface area contributed by atoms with Crippen LogP contribution in [0.1, 0.15) is 60.1 Å². The van der Waals surface area contributed by atoms with Crippen molar-refractivity contribution in [3.8, 4) is 0 Å². The van der Waals surface area contributed by atoms with E-state index in [1.807, 2.05) is 7.05 Å². The predicted molar refractivity (Wildman–Crippen MR) is 146 cm³/mol. The largest absolute Gasteiger partial charge is 0.444 e. The van der Waals surface area contributed by atoms with Crippen LogP contribution in [-0.2, 0) is 27.7 Å². The average Bonchev–Trinajstić information content (AvgIpc) is 3.38. The van der Waals surface area contributed by atoms with Gasteiger partial charge in [0, 0.05) is 20.1 Å². The van der Waals surface area contributed by atoms with Crippen LogP contribution in [0.25, 0.3) is 0 Å². The molecule has 0 saturated carbocycles. The van der Waals surface area contributed by atoms with Gasteiger partial charge in [0.1, 0.15) is 28.9 Å². The maximum absolute atomic E-state index is 13.6. The lowest BCUT2D eigenvalue weighted by Crippen LogP contribution is -2.48. The summed E-state index contributed by atoms with van der Waals surface area (Å²) in [4.78, 5) is 47.8. The molecule has 4 heterocycles. The molecule has 2 aliphatic heterocycles. The number of amides is 3. The molecule has 0 aromatic carbocycles. The Bertz CT molecular complexity index is 1230. The number of nitrogens with zero attached hydrogens (tertiary/aromatic N) is 5. The number of fused-ring (bicyclic) bond motifs is 5. The van der Waals surface area contributed by atoms with Crippen LogP contribution in [0.3, 0.4) is 0 Å². The van der Waals surface area contributed by atoms with Gasteiger partial charge in [-0.2, -0.15) is 5.10 Å². The van der Waals surface area contributed by atoms with Crippen LogP contribution in [0.5, 0.6) is 0 Å². The van der Waals surface area contributed by atoms with Gasteiger partial charge in [0.25, 0.3) is 0 Å². The Labute approximate surface area is 229 Å². The van der Waals surface area contributed by atoms with Crippen LogP contribution in [0.15, 0.2) is 24.4 Å². The first-order chi connectivity index (χ1) is 18.2. The molecule has 2 N–H and O–H groups in total. The summed E-state index contributed by atoms with van der Waals surface area (Å²) >= 11 is 0. The van der Waals surface area contributed by atoms with E-state index in [2.05, 4.69) is 15.7 Å². The molecular weight excluding hydrogens is 502 g/mol. The molecule has 4 bridgehead atoms. The Morgan fingerprint density at radius 2 is 1.74 bits per heavy atom. The first-order valence-corrected chi connectivity index (χ1v) is 13.3. The maximum atomic E-state index is 13.6. The Morgan fingerprint density at radius 3 is 2.44 bits per heavy atom. The summed E-state index contributed by atoms with van der Waals surface area (Å²) in [7, 11) is 1.86. The number of hydrogen-bond donors (Lipinski definition) is 2. The monoisotopic (exact) mass is 541 g/mol. The third-order valence-corrected chi connectivity index (χ3v) is 6.36. The summed E-state index contributed by atoms with van der Waals surface area (Å²) in [6, 6.07) is 3.91. The number of rotatable bonds is 0. The number of nitrogens with one attached hydrogen (secondary N) is 2. The Kier molecular flexibility index (Phi) is 7.76. The van der Waals surface area contributed by atoms with Crippen LogP contribution in [-0.4, -0.2) is 74.1 Å². The van der Waals surface area contributed by atoms with E-state index in [4.69, 9.17) is 14.5 Å². The molecule has 3 amide bonds. The van der Waals surface area contributed by atoms with Crippen molar-refractivity contribution >= 4 is 35.4 Å². The van der Waals surface area contributed by atoms with E-state index in [9.17, 15) is 14.4 Å². The molecule has 2 aromatic heterocycles. The van der Waals surface area contributed by atoms with Crippen LogP contribution >= 0.6 is 0 Å². The van der Waals surface area contributed by atoms with Crippen LogP contribution < -0.4 is 15.5 Å². The lowest BCUT2D eigenvalue weighted by molar-refractivity contribution is -0.125. The van der Waals surface area contributed by atoms with Gasteiger partial charge in [-0.3, -0.25) is 19.3 Å². The minimum Gasteiger partial charge on any atom is -0.444 e. The van der Waals surface area contributed by atoms with Crippen LogP contribution in [0.2, 0.25) is 0 Å². The summed E-state index contributed by atoms with van der Waals surface area (Å²) in [6.45, 7) is 11.2. The summed E-state index contributed by atoms with van der Waals surface area (Å²) < 4.78 is 13.2. The molecule has 212 valence electrons. The van der Waals surface area contributed by atoms with Gasteiger partial charge < -0.3 is 20.1 Å². The number of carbonyl (C=O) groups is 3. The number of aromatic nitrogens is 3. The lowest BCUT2D eigenvalue weighted by Gasteiger charge is -2.31. The summed E-state index contributed by atoms with van der Waals surface area (Å²) in [5.41, 5.74) is 0.229. The molecule has 1 saturated heterocycles. The predicted octanol–water partition coefficient (Wildman–Crippen LogP) is 3.74. The van der Waals surface area contributed by atoms with Crippen molar-refractivity contribution in [2.24, 2.45) is 7.05 Å². The summed E-state index contributed by atoms with van der Waals surface area (Å²) in [6.07, 6.45) is 2.03. The van der Waals surface area contributed by atoms with Crippen molar-refractivity contribution in [1.29, 1.82) is 0 Å². The van der Waals surface area contributed by atoms with Gasteiger partial charge in [-0.15, -0.1) is 0 Å². The first-order valence-electron chi connectivity index (χ1n) is 13.3. The zero-order chi connectivity index (χ0) is 28.5. The minimum atomic E-state index is -0.825. The number of pyridine rings is 1. The molecule has 39 heavy (non-hydrogen) atoms. The highest BCUT2D eigenvalue weighted by Gasteiger charge is 2.46. The zero-order valence-corrected chi connectivity index (χ0v) is 23.8. The molecule has 0 aliphatic carbocycles. The quantitative estimate of drug-likeness (QED) is 0.516. The Morgan fingerprint density at radius 1 is 1.05 bits per heavy atom. The van der Waals surface area contributed by atoms with Gasteiger partial charge in [-0.05, 0) is 72.9 Å². The fraction of sp³-hybridized carbons (Fsp3) is 0.593. The standard InChI is InChI=1S/C27H39N7O5/c1-26(2,3)38-24(36)33-16-17-14-20(33)23(35)28-13-9-10-19-18(15-29-32(19)7)30-21-11-8-12-22(31-21)34(17)25(37)39-27(4,5)6/h8,11-12,15,17,20H,9-10,13-14,16H2,1-7H3,(H,28,35)(H,30,31)/t17-,20-/m0/s1. The van der Waals surface area contributed by atoms with Crippen molar-refractivity contribution in [3.05, 3.63) is 30.1 Å². The highest BCUT2D eigenvalue weighted by molar-refractivity contribution is 5.90. The van der Waals surface area contributed by atoms with E-state index in [0.29, 0.717) is 31.0 Å². The Hall–Kier alpha value is -3.83. The molecule has 1 fully saturated rings. The van der Waals surface area contributed by atoms with Gasteiger partial charge in [0.15, 0.2) is 0 Å². The highest BCUT2D eigenvalue weighted by atomic mass is 16.6. The van der Waals surface area contributed by atoms with Crippen molar-refractivity contribution in [2.45, 2.75) is 84.1 Å². The van der Waals surface area contributed by atoms with Crippen molar-refractivity contribution < 1.29 is 23.9 Å². The SMILES string of the molecule is Cn1ncc2c1CCCNC(=O)[C@@H]1C[C@@H](CN1C(=O)OC(C)(C)C)N(C(=O)OC(C)(C)C)c1cccc(n1)N2. The van der Waals surface area contributed by atoms with Crippen LogP contribution in [0, 0.1) is 0 Å². The van der Waals surface area contributed by atoms with E-state index in [1.54, 1.807) is 70.6 Å². The molecule has 0 spiro atoms. The van der Waals surface area contributed by atoms with E-state index >= 15 is 0 Å². The lowest BCUT2D eigenvalue weighted by atomic mass is 10.1. The van der Waals surface area contributed by atoms with Crippen molar-refractivity contribution in [2.75, 3.05) is 23.3 Å². The molecular formula is C27H39N7O5. The van der Waals surface area contributed by atoms with E-state index in [1.165, 1.54) is 9.80 Å². The zero-order valence-electron chi connectivity index (χ0n) is 23.8. The van der Waals surface area contributed by atoms with E-state index in [-0.39, 0.29) is 18.9 Å². The fourth-order valence-corrected chi connectivity index (χ4v) is 4.73. The summed E-state index contributed by atoms with van der Waals surface area (Å²) in [5.74, 6) is 0.565. The maximum Gasteiger partial charge on any atom is 0.416 e. The second-order valence-electron chi connectivity index (χ2n) is 11.9. The van der Waals surface area contributed by atoms with Crippen molar-refractivity contribution in [3.63, 3.8) is 0 Å². The molecule has 0 unspecified atom stereocenters. The van der Waals surface area contributed by atoms with Gasteiger partial charge in [-0.25, -0.2) is 14.6 Å². The van der Waals surface area contributed by atoms with E-state index in [0.717, 1.165) is 11.4 Å². The topological polar surface area (TPSA) is 131 Å². The molecule has 0 radical (unpaired) electrons. The number of aryl methyl sites for hydroxylation is 1. The van der Waals surface area contributed by atoms with Gasteiger partial charge in [-0.1, -0.05) is 6.07 Å². The molecule has 12 nitrogen and oxygen atoms in total. The van der Waals surface area contributed by atoms with Gasteiger partial charge >= 0.3 is 12.2 Å². The van der Waals surface area contributed by atoms with Gasteiger partial charge in [0.2, 0.25) is 5.91 Å². The number of ether oxygens (including phenoxy) is 2. The number of anilines is 3.